The zero-order valence-corrected chi connectivity index (χ0v) is 20.9. The van der Waals surface area contributed by atoms with Gasteiger partial charge in [0.1, 0.15) is 5.75 Å². The summed E-state index contributed by atoms with van der Waals surface area (Å²) in [6.45, 7) is 1.63. The number of ether oxygens (including phenoxy) is 3. The molecule has 1 atom stereocenters. The Labute approximate surface area is 205 Å². The summed E-state index contributed by atoms with van der Waals surface area (Å²) in [4.78, 5) is 11.7. The van der Waals surface area contributed by atoms with Gasteiger partial charge in [0.15, 0.2) is 11.5 Å². The predicted octanol–water partition coefficient (Wildman–Crippen LogP) is 4.01. The minimum Gasteiger partial charge on any atom is -0.495 e. The summed E-state index contributed by atoms with van der Waals surface area (Å²) in [6, 6.07) is 17.1. The van der Waals surface area contributed by atoms with Crippen LogP contribution in [-0.2, 0) is 21.2 Å². The van der Waals surface area contributed by atoms with Crippen molar-refractivity contribution in [3.05, 3.63) is 77.4 Å². The molecule has 0 radical (unpaired) electrons. The van der Waals surface area contributed by atoms with Crippen molar-refractivity contribution >= 4 is 21.6 Å². The molecule has 0 aromatic heterocycles. The average molecular weight is 497 g/mol. The smallest absolute Gasteiger partial charge is 0.244 e. The second-order valence-corrected chi connectivity index (χ2v) is 10.0. The molecule has 0 spiro atoms. The van der Waals surface area contributed by atoms with E-state index in [0.29, 0.717) is 29.4 Å². The van der Waals surface area contributed by atoms with Gasteiger partial charge in [-0.1, -0.05) is 30.3 Å². The highest BCUT2D eigenvalue weighted by Gasteiger charge is 2.38. The molecule has 0 aliphatic carbocycles. The molecule has 1 amide bonds. The van der Waals surface area contributed by atoms with Crippen LogP contribution in [0.25, 0.3) is 0 Å². The standard InChI is InChI=1S/C26H28N2O6S/c1-17(29)27-22-15-20(10-11-23(22)32-2)35(30,31)28-13-12-19-14-24(33-3)25(34-4)16-21(19)26(28)18-8-6-5-7-9-18/h5-11,14-16,26H,12-13H2,1-4H3,(H,27,29)/t26-/m1/s1. The fourth-order valence-electron chi connectivity index (χ4n) is 4.43. The molecule has 0 saturated heterocycles. The third kappa shape index (κ3) is 4.69. The number of sulfonamides is 1. The average Bonchev–Trinajstić information content (AvgIpc) is 2.87. The summed E-state index contributed by atoms with van der Waals surface area (Å²) in [7, 11) is 0.629. The van der Waals surface area contributed by atoms with Gasteiger partial charge in [0.05, 0.1) is 38.0 Å². The van der Waals surface area contributed by atoms with Gasteiger partial charge < -0.3 is 19.5 Å². The SMILES string of the molecule is COc1ccc(S(=O)(=O)N2CCc3cc(OC)c(OC)cc3[C@H]2c2ccccc2)cc1NC(C)=O. The fourth-order valence-corrected chi connectivity index (χ4v) is 6.06. The maximum absolute atomic E-state index is 14.0. The first-order valence-corrected chi connectivity index (χ1v) is 12.5. The van der Waals surface area contributed by atoms with Crippen molar-refractivity contribution < 1.29 is 27.4 Å². The van der Waals surface area contributed by atoms with Crippen molar-refractivity contribution in [2.45, 2.75) is 24.3 Å². The highest BCUT2D eigenvalue weighted by atomic mass is 32.2. The van der Waals surface area contributed by atoms with Gasteiger partial charge in [-0.15, -0.1) is 0 Å². The fraction of sp³-hybridized carbons (Fsp3) is 0.269. The molecule has 4 rings (SSSR count). The Kier molecular flexibility index (Phi) is 7.00. The maximum atomic E-state index is 14.0. The van der Waals surface area contributed by atoms with Crippen LogP contribution in [0.2, 0.25) is 0 Å². The normalized spacial score (nSPS) is 15.7. The second-order valence-electron chi connectivity index (χ2n) is 8.13. The van der Waals surface area contributed by atoms with Crippen LogP contribution in [0, 0.1) is 0 Å². The van der Waals surface area contributed by atoms with Crippen LogP contribution in [0.5, 0.6) is 17.2 Å². The number of nitrogens with one attached hydrogen (secondary N) is 1. The number of rotatable bonds is 7. The van der Waals surface area contributed by atoms with E-state index in [-0.39, 0.29) is 17.3 Å². The molecule has 1 aliphatic heterocycles. The zero-order chi connectivity index (χ0) is 25.2. The third-order valence-corrected chi connectivity index (χ3v) is 7.89. The zero-order valence-electron chi connectivity index (χ0n) is 20.1. The number of fused-ring (bicyclic) bond motifs is 1. The number of hydrogen-bond donors (Lipinski definition) is 1. The third-order valence-electron chi connectivity index (χ3n) is 6.03. The molecule has 9 heteroatoms. The first-order chi connectivity index (χ1) is 16.8. The minimum atomic E-state index is -3.97. The molecule has 0 saturated carbocycles. The highest BCUT2D eigenvalue weighted by molar-refractivity contribution is 7.89. The largest absolute Gasteiger partial charge is 0.495 e. The summed E-state index contributed by atoms with van der Waals surface area (Å²) in [5.74, 6) is 1.18. The number of carbonyl (C=O) groups is 1. The van der Waals surface area contributed by atoms with Crippen LogP contribution in [-0.4, -0.2) is 46.5 Å². The van der Waals surface area contributed by atoms with Crippen LogP contribution in [0.15, 0.2) is 65.6 Å². The lowest BCUT2D eigenvalue weighted by molar-refractivity contribution is -0.114. The Hall–Kier alpha value is -3.56. The van der Waals surface area contributed by atoms with Gasteiger partial charge in [-0.25, -0.2) is 8.42 Å². The van der Waals surface area contributed by atoms with E-state index in [1.54, 1.807) is 20.3 Å². The molecule has 0 unspecified atom stereocenters. The molecule has 0 bridgehead atoms. The Balaban J connectivity index is 1.87. The molecule has 1 heterocycles. The Morgan fingerprint density at radius 1 is 0.914 bits per heavy atom. The molecule has 184 valence electrons. The van der Waals surface area contributed by atoms with Crippen molar-refractivity contribution in [3.8, 4) is 17.2 Å². The number of amides is 1. The number of hydrogen-bond acceptors (Lipinski definition) is 6. The minimum absolute atomic E-state index is 0.0620. The van der Waals surface area contributed by atoms with E-state index in [1.165, 1.54) is 30.5 Å². The molecule has 3 aromatic carbocycles. The topological polar surface area (TPSA) is 94.2 Å². The van der Waals surface area contributed by atoms with Crippen molar-refractivity contribution in [2.75, 3.05) is 33.2 Å². The van der Waals surface area contributed by atoms with Crippen molar-refractivity contribution in [2.24, 2.45) is 0 Å². The van der Waals surface area contributed by atoms with Crippen molar-refractivity contribution in [3.63, 3.8) is 0 Å². The summed E-state index contributed by atoms with van der Waals surface area (Å²) in [6.07, 6.45) is 0.507. The van der Waals surface area contributed by atoms with E-state index in [4.69, 9.17) is 14.2 Å². The lowest BCUT2D eigenvalue weighted by atomic mass is 9.89. The number of methoxy groups -OCH3 is 3. The van der Waals surface area contributed by atoms with E-state index in [2.05, 4.69) is 5.32 Å². The van der Waals surface area contributed by atoms with Gasteiger partial charge in [-0.3, -0.25) is 4.79 Å². The monoisotopic (exact) mass is 496 g/mol. The van der Waals surface area contributed by atoms with E-state index in [1.807, 2.05) is 42.5 Å². The quantitative estimate of drug-likeness (QED) is 0.531. The van der Waals surface area contributed by atoms with E-state index < -0.39 is 16.1 Å². The Morgan fingerprint density at radius 3 is 2.20 bits per heavy atom. The number of anilines is 1. The van der Waals surface area contributed by atoms with Crippen LogP contribution >= 0.6 is 0 Å². The predicted molar refractivity (Wildman–Crippen MR) is 133 cm³/mol. The number of carbonyl (C=O) groups excluding carboxylic acids is 1. The van der Waals surface area contributed by atoms with E-state index >= 15 is 0 Å². The molecule has 1 aliphatic rings. The highest BCUT2D eigenvalue weighted by Crippen LogP contribution is 2.43. The summed E-state index contributed by atoms with van der Waals surface area (Å²) >= 11 is 0. The number of nitrogens with zero attached hydrogens (tertiary/aromatic N) is 1. The van der Waals surface area contributed by atoms with E-state index in [0.717, 1.165) is 16.7 Å². The lowest BCUT2D eigenvalue weighted by Crippen LogP contribution is -2.40. The summed E-state index contributed by atoms with van der Waals surface area (Å²) < 4.78 is 45.8. The molecule has 1 N–H and O–H groups in total. The van der Waals surface area contributed by atoms with Gasteiger partial charge in [0.25, 0.3) is 0 Å². The molecular formula is C26H28N2O6S. The van der Waals surface area contributed by atoms with Gasteiger partial charge >= 0.3 is 0 Å². The lowest BCUT2D eigenvalue weighted by Gasteiger charge is -2.37. The van der Waals surface area contributed by atoms with Crippen LogP contribution in [0.4, 0.5) is 5.69 Å². The van der Waals surface area contributed by atoms with Crippen LogP contribution < -0.4 is 19.5 Å². The first-order valence-electron chi connectivity index (χ1n) is 11.1. The van der Waals surface area contributed by atoms with Gasteiger partial charge in [-0.05, 0) is 53.4 Å². The van der Waals surface area contributed by atoms with Crippen molar-refractivity contribution in [1.82, 2.24) is 4.31 Å². The Morgan fingerprint density at radius 2 is 1.57 bits per heavy atom. The summed E-state index contributed by atoms with van der Waals surface area (Å²) in [5, 5.41) is 2.65. The maximum Gasteiger partial charge on any atom is 0.244 e. The molecule has 35 heavy (non-hydrogen) atoms. The molecule has 8 nitrogen and oxygen atoms in total. The van der Waals surface area contributed by atoms with Crippen LogP contribution in [0.1, 0.15) is 29.7 Å². The number of benzene rings is 3. The van der Waals surface area contributed by atoms with Gasteiger partial charge in [0, 0.05) is 13.5 Å². The van der Waals surface area contributed by atoms with Gasteiger partial charge in [-0.2, -0.15) is 4.31 Å². The summed E-state index contributed by atoms with van der Waals surface area (Å²) in [5.41, 5.74) is 2.96. The van der Waals surface area contributed by atoms with Crippen molar-refractivity contribution in [1.29, 1.82) is 0 Å². The molecule has 3 aromatic rings. The first kappa shape index (κ1) is 24.6. The van der Waals surface area contributed by atoms with Gasteiger partial charge in [0.2, 0.25) is 15.9 Å². The van der Waals surface area contributed by atoms with Crippen LogP contribution in [0.3, 0.4) is 0 Å². The van der Waals surface area contributed by atoms with E-state index in [9.17, 15) is 13.2 Å². The molecule has 0 fully saturated rings. The Bertz CT molecular complexity index is 1340. The second kappa shape index (κ2) is 9.97. The molecular weight excluding hydrogens is 468 g/mol.